The highest BCUT2D eigenvalue weighted by atomic mass is 32.2. The summed E-state index contributed by atoms with van der Waals surface area (Å²) in [6.45, 7) is 0.174. The van der Waals surface area contributed by atoms with E-state index in [1.165, 1.54) is 0 Å². The van der Waals surface area contributed by atoms with Gasteiger partial charge in [0.25, 0.3) is 0 Å². The molecule has 5 nitrogen and oxygen atoms in total. The molecule has 0 radical (unpaired) electrons. The van der Waals surface area contributed by atoms with Gasteiger partial charge in [0.1, 0.15) is 5.69 Å². The number of hydrogen-bond donors (Lipinski definition) is 1. The summed E-state index contributed by atoms with van der Waals surface area (Å²) in [5, 5.41) is 1.16. The van der Waals surface area contributed by atoms with Crippen LogP contribution in [-0.2, 0) is 16.6 Å². The minimum absolute atomic E-state index is 0.174. The third kappa shape index (κ3) is 4.41. The number of rotatable bonds is 6. The summed E-state index contributed by atoms with van der Waals surface area (Å²) in [5.41, 5.74) is 2.30. The highest BCUT2D eigenvalue weighted by Crippen LogP contribution is 2.17. The molecule has 0 aliphatic rings. The van der Waals surface area contributed by atoms with Gasteiger partial charge in [-0.25, -0.2) is 13.1 Å². The molecule has 1 N–H and O–H groups in total. The summed E-state index contributed by atoms with van der Waals surface area (Å²) in [5.74, 6) is 0.674. The summed E-state index contributed by atoms with van der Waals surface area (Å²) in [6.07, 6.45) is 4.76. The Morgan fingerprint density at radius 2 is 1.88 bits per heavy atom. The average Bonchev–Trinajstić information content (AvgIpc) is 3.15. The lowest BCUT2D eigenvalue weighted by atomic mass is 10.2. The molecule has 6 heteroatoms. The van der Waals surface area contributed by atoms with Crippen LogP contribution < -0.4 is 4.72 Å². The summed E-state index contributed by atoms with van der Waals surface area (Å²) >= 11 is 0. The van der Waals surface area contributed by atoms with Gasteiger partial charge in [0.15, 0.2) is 5.76 Å². The molecular formula is C18H16N2O3S. The van der Waals surface area contributed by atoms with Crippen molar-refractivity contribution in [1.82, 2.24) is 9.71 Å². The van der Waals surface area contributed by atoms with Gasteiger partial charge in [-0.3, -0.25) is 4.98 Å². The molecule has 2 heterocycles. The fraction of sp³-hybridized carbons (Fsp3) is 0.0556. The van der Waals surface area contributed by atoms with E-state index in [0.717, 1.165) is 16.5 Å². The largest absolute Gasteiger partial charge is 0.463 e. The van der Waals surface area contributed by atoms with Crippen molar-refractivity contribution in [1.29, 1.82) is 0 Å². The zero-order valence-electron chi connectivity index (χ0n) is 12.8. The molecule has 0 aliphatic heterocycles. The highest BCUT2D eigenvalue weighted by Gasteiger charge is 2.06. The molecule has 0 saturated heterocycles. The molecule has 3 rings (SSSR count). The standard InChI is InChI=1S/C18H16N2O3S/c21-24(22,12-10-15-5-2-1-3-6-15)20-14-16-8-9-17(19-13-16)18-7-4-11-23-18/h1-13,20H,14H2/b12-10+. The SMILES string of the molecule is O=S(=O)(/C=C/c1ccccc1)NCc1ccc(-c2ccco2)nc1. The lowest BCUT2D eigenvalue weighted by Crippen LogP contribution is -2.20. The van der Waals surface area contributed by atoms with E-state index in [9.17, 15) is 8.42 Å². The second kappa shape index (κ2) is 7.25. The van der Waals surface area contributed by atoms with Crippen molar-refractivity contribution in [2.75, 3.05) is 0 Å². The Kier molecular flexibility index (Phi) is 4.88. The average molecular weight is 340 g/mol. The Balaban J connectivity index is 1.61. The number of hydrogen-bond acceptors (Lipinski definition) is 4. The fourth-order valence-corrected chi connectivity index (χ4v) is 2.86. The molecule has 2 aromatic heterocycles. The molecule has 0 amide bonds. The third-order valence-corrected chi connectivity index (χ3v) is 4.36. The van der Waals surface area contributed by atoms with Crippen LogP contribution >= 0.6 is 0 Å². The maximum absolute atomic E-state index is 12.0. The fourth-order valence-electron chi connectivity index (χ4n) is 2.06. The van der Waals surface area contributed by atoms with E-state index >= 15 is 0 Å². The number of sulfonamides is 1. The first-order valence-corrected chi connectivity index (χ1v) is 8.89. The van der Waals surface area contributed by atoms with Crippen LogP contribution in [0, 0.1) is 0 Å². The first-order chi connectivity index (χ1) is 11.6. The van der Waals surface area contributed by atoms with E-state index in [1.807, 2.05) is 42.5 Å². The van der Waals surface area contributed by atoms with E-state index in [0.29, 0.717) is 11.5 Å². The zero-order chi connectivity index (χ0) is 16.8. The minimum atomic E-state index is -3.51. The lowest BCUT2D eigenvalue weighted by Gasteiger charge is -2.04. The van der Waals surface area contributed by atoms with Crippen LogP contribution in [0.3, 0.4) is 0 Å². The van der Waals surface area contributed by atoms with Gasteiger partial charge in [-0.15, -0.1) is 0 Å². The Bertz CT molecular complexity index is 901. The maximum Gasteiger partial charge on any atom is 0.234 e. The van der Waals surface area contributed by atoms with Gasteiger partial charge in [-0.2, -0.15) is 0 Å². The van der Waals surface area contributed by atoms with Crippen molar-refractivity contribution in [2.45, 2.75) is 6.54 Å². The number of nitrogens with zero attached hydrogens (tertiary/aromatic N) is 1. The van der Waals surface area contributed by atoms with Crippen molar-refractivity contribution in [2.24, 2.45) is 0 Å². The molecule has 1 aromatic carbocycles. The molecular weight excluding hydrogens is 324 g/mol. The van der Waals surface area contributed by atoms with Crippen molar-refractivity contribution in [3.8, 4) is 11.5 Å². The van der Waals surface area contributed by atoms with Gasteiger partial charge in [-0.1, -0.05) is 36.4 Å². The van der Waals surface area contributed by atoms with Gasteiger partial charge >= 0.3 is 0 Å². The second-order valence-corrected chi connectivity index (χ2v) is 6.76. The van der Waals surface area contributed by atoms with Gasteiger partial charge in [-0.05, 0) is 35.4 Å². The van der Waals surface area contributed by atoms with E-state index in [-0.39, 0.29) is 6.54 Å². The van der Waals surface area contributed by atoms with Crippen LogP contribution in [0.25, 0.3) is 17.5 Å². The van der Waals surface area contributed by atoms with Crippen LogP contribution in [0.4, 0.5) is 0 Å². The van der Waals surface area contributed by atoms with E-state index in [4.69, 9.17) is 4.42 Å². The van der Waals surface area contributed by atoms with E-state index in [2.05, 4.69) is 9.71 Å². The van der Waals surface area contributed by atoms with Gasteiger partial charge in [0, 0.05) is 18.1 Å². The molecule has 0 unspecified atom stereocenters. The molecule has 0 atom stereocenters. The van der Waals surface area contributed by atoms with Gasteiger partial charge in [0.2, 0.25) is 10.0 Å². The molecule has 0 aliphatic carbocycles. The third-order valence-electron chi connectivity index (χ3n) is 3.32. The predicted octanol–water partition coefficient (Wildman–Crippen LogP) is 3.43. The molecule has 122 valence electrons. The van der Waals surface area contributed by atoms with Crippen molar-refractivity contribution in [3.05, 3.63) is 83.6 Å². The van der Waals surface area contributed by atoms with Crippen LogP contribution in [-0.4, -0.2) is 13.4 Å². The summed E-state index contributed by atoms with van der Waals surface area (Å²) in [6, 6.07) is 16.5. The molecule has 3 aromatic rings. The topological polar surface area (TPSA) is 72.2 Å². The highest BCUT2D eigenvalue weighted by molar-refractivity contribution is 7.92. The molecule has 0 fully saturated rings. The normalized spacial score (nSPS) is 11.8. The first-order valence-electron chi connectivity index (χ1n) is 7.34. The zero-order valence-corrected chi connectivity index (χ0v) is 13.6. The number of nitrogens with one attached hydrogen (secondary N) is 1. The number of aromatic nitrogens is 1. The number of furan rings is 1. The predicted molar refractivity (Wildman–Crippen MR) is 93.2 cm³/mol. The molecule has 0 spiro atoms. The maximum atomic E-state index is 12.0. The number of pyridine rings is 1. The van der Waals surface area contributed by atoms with Gasteiger partial charge in [0.05, 0.1) is 6.26 Å². The Hall–Kier alpha value is -2.70. The van der Waals surface area contributed by atoms with Crippen LogP contribution in [0.2, 0.25) is 0 Å². The smallest absolute Gasteiger partial charge is 0.234 e. The summed E-state index contributed by atoms with van der Waals surface area (Å²) in [7, 11) is -3.51. The lowest BCUT2D eigenvalue weighted by molar-refractivity contribution is 0.579. The van der Waals surface area contributed by atoms with Crippen molar-refractivity contribution >= 4 is 16.1 Å². The van der Waals surface area contributed by atoms with E-state index in [1.54, 1.807) is 30.7 Å². The first kappa shape index (κ1) is 16.2. The monoisotopic (exact) mass is 340 g/mol. The molecule has 0 saturated carbocycles. The second-order valence-electron chi connectivity index (χ2n) is 5.11. The van der Waals surface area contributed by atoms with Crippen LogP contribution in [0.15, 0.2) is 76.9 Å². The minimum Gasteiger partial charge on any atom is -0.463 e. The van der Waals surface area contributed by atoms with E-state index < -0.39 is 10.0 Å². The van der Waals surface area contributed by atoms with Crippen LogP contribution in [0.5, 0.6) is 0 Å². The van der Waals surface area contributed by atoms with Gasteiger partial charge < -0.3 is 4.42 Å². The quantitative estimate of drug-likeness (QED) is 0.746. The molecule has 0 bridgehead atoms. The van der Waals surface area contributed by atoms with Crippen molar-refractivity contribution in [3.63, 3.8) is 0 Å². The Labute approximate surface area is 140 Å². The Morgan fingerprint density at radius 1 is 1.04 bits per heavy atom. The van der Waals surface area contributed by atoms with Crippen LogP contribution in [0.1, 0.15) is 11.1 Å². The summed E-state index contributed by atoms with van der Waals surface area (Å²) in [4.78, 5) is 4.27. The summed E-state index contributed by atoms with van der Waals surface area (Å²) < 4.78 is 31.8. The number of benzene rings is 1. The molecule has 24 heavy (non-hydrogen) atoms. The van der Waals surface area contributed by atoms with Crippen molar-refractivity contribution < 1.29 is 12.8 Å². The Morgan fingerprint density at radius 3 is 2.54 bits per heavy atom.